The molecule has 5 heteroatoms. The van der Waals surface area contributed by atoms with Gasteiger partial charge in [-0.1, -0.05) is 54.6 Å². The Kier molecular flexibility index (Phi) is 11.4. The number of aryl methyl sites for hydroxylation is 2. The Balaban J connectivity index is 1.85. The van der Waals surface area contributed by atoms with E-state index >= 15 is 0 Å². The molecule has 32 heavy (non-hydrogen) atoms. The zero-order valence-corrected chi connectivity index (χ0v) is 20.3. The molecule has 5 nitrogen and oxygen atoms in total. The smallest absolute Gasteiger partial charge is 0.125 e. The molecule has 0 N–H and O–H groups in total. The SMILES string of the molecule is C/C=C/COc1cc(C)c(OCCCN(CC)C/C(Cc2ccccc2)=N/OC)c(C)c1. The molecule has 0 aromatic heterocycles. The summed E-state index contributed by atoms with van der Waals surface area (Å²) in [4.78, 5) is 7.47. The summed E-state index contributed by atoms with van der Waals surface area (Å²) >= 11 is 0. The van der Waals surface area contributed by atoms with Gasteiger partial charge in [-0.3, -0.25) is 4.90 Å². The molecule has 0 unspecified atom stereocenters. The van der Waals surface area contributed by atoms with Crippen LogP contribution in [0.3, 0.4) is 0 Å². The summed E-state index contributed by atoms with van der Waals surface area (Å²) < 4.78 is 11.9. The summed E-state index contributed by atoms with van der Waals surface area (Å²) in [5.41, 5.74) is 4.48. The van der Waals surface area contributed by atoms with Crippen molar-refractivity contribution in [2.45, 2.75) is 40.5 Å². The van der Waals surface area contributed by atoms with Gasteiger partial charge in [-0.25, -0.2) is 0 Å². The number of allylic oxidation sites excluding steroid dienone is 1. The van der Waals surface area contributed by atoms with Crippen molar-refractivity contribution >= 4 is 5.71 Å². The average Bonchev–Trinajstić information content (AvgIpc) is 2.78. The summed E-state index contributed by atoms with van der Waals surface area (Å²) in [6.45, 7) is 12.2. The van der Waals surface area contributed by atoms with Gasteiger partial charge < -0.3 is 14.3 Å². The largest absolute Gasteiger partial charge is 0.493 e. The summed E-state index contributed by atoms with van der Waals surface area (Å²) in [7, 11) is 1.61. The normalized spacial score (nSPS) is 11.9. The van der Waals surface area contributed by atoms with Crippen molar-refractivity contribution in [3.63, 3.8) is 0 Å². The van der Waals surface area contributed by atoms with E-state index in [0.717, 1.165) is 60.8 Å². The third kappa shape index (κ3) is 8.75. The van der Waals surface area contributed by atoms with Gasteiger partial charge in [-0.05, 0) is 62.6 Å². The first-order valence-corrected chi connectivity index (χ1v) is 11.4. The minimum atomic E-state index is 0.584. The van der Waals surface area contributed by atoms with Crippen LogP contribution in [0.1, 0.15) is 37.0 Å². The fourth-order valence-electron chi connectivity index (χ4n) is 3.61. The topological polar surface area (TPSA) is 43.3 Å². The molecule has 2 aromatic carbocycles. The van der Waals surface area contributed by atoms with Crippen molar-refractivity contribution in [3.8, 4) is 11.5 Å². The molecule has 0 bridgehead atoms. The standard InChI is InChI=1S/C27H38N2O3/c1-6-8-16-31-26-18-22(3)27(23(4)19-26)32-17-12-15-29(7-2)21-25(28-30-5)20-24-13-10-9-11-14-24/h6,8-11,13-14,18-19H,7,12,15-17,20-21H2,1-5H3/b8-6+,28-25+. The molecule has 0 aliphatic heterocycles. The van der Waals surface area contributed by atoms with E-state index in [1.165, 1.54) is 5.56 Å². The number of nitrogens with zero attached hydrogens (tertiary/aromatic N) is 2. The number of rotatable bonds is 14. The lowest BCUT2D eigenvalue weighted by Gasteiger charge is -2.21. The third-order valence-electron chi connectivity index (χ3n) is 5.21. The van der Waals surface area contributed by atoms with E-state index in [-0.39, 0.29) is 0 Å². The Hall–Kier alpha value is -2.79. The van der Waals surface area contributed by atoms with E-state index in [9.17, 15) is 0 Å². The Bertz CT molecular complexity index is 839. The van der Waals surface area contributed by atoms with Gasteiger partial charge in [0.15, 0.2) is 0 Å². The van der Waals surface area contributed by atoms with E-state index in [0.29, 0.717) is 13.2 Å². The number of hydrogen-bond donors (Lipinski definition) is 0. The van der Waals surface area contributed by atoms with Crippen molar-refractivity contribution in [2.24, 2.45) is 5.16 Å². The monoisotopic (exact) mass is 438 g/mol. The van der Waals surface area contributed by atoms with E-state index in [1.807, 2.05) is 37.3 Å². The van der Waals surface area contributed by atoms with Crippen LogP contribution in [0.15, 0.2) is 59.8 Å². The quantitative estimate of drug-likeness (QED) is 0.167. The Labute approximate surface area is 193 Å². The van der Waals surface area contributed by atoms with Gasteiger partial charge in [0.1, 0.15) is 25.2 Å². The Morgan fingerprint density at radius 1 is 1.06 bits per heavy atom. The fraction of sp³-hybridized carbons (Fsp3) is 0.444. The fourth-order valence-corrected chi connectivity index (χ4v) is 3.61. The van der Waals surface area contributed by atoms with Crippen molar-refractivity contribution in [3.05, 3.63) is 71.3 Å². The van der Waals surface area contributed by atoms with Crippen molar-refractivity contribution in [1.29, 1.82) is 0 Å². The highest BCUT2D eigenvalue weighted by Crippen LogP contribution is 2.28. The maximum atomic E-state index is 6.14. The third-order valence-corrected chi connectivity index (χ3v) is 5.21. The molecular weight excluding hydrogens is 400 g/mol. The van der Waals surface area contributed by atoms with Crippen LogP contribution in [0, 0.1) is 13.8 Å². The average molecular weight is 439 g/mol. The van der Waals surface area contributed by atoms with Crippen LogP contribution >= 0.6 is 0 Å². The molecule has 0 radical (unpaired) electrons. The van der Waals surface area contributed by atoms with Crippen LogP contribution < -0.4 is 9.47 Å². The molecular formula is C27H38N2O3. The second kappa shape index (κ2) is 14.3. The molecule has 0 aliphatic carbocycles. The number of hydrogen-bond acceptors (Lipinski definition) is 5. The Morgan fingerprint density at radius 3 is 2.41 bits per heavy atom. The molecule has 2 rings (SSSR count). The molecule has 2 aromatic rings. The lowest BCUT2D eigenvalue weighted by Crippen LogP contribution is -2.32. The molecule has 0 aliphatic rings. The van der Waals surface area contributed by atoms with E-state index in [2.05, 4.69) is 55.1 Å². The van der Waals surface area contributed by atoms with Gasteiger partial charge in [0.25, 0.3) is 0 Å². The van der Waals surface area contributed by atoms with Crippen molar-refractivity contribution < 1.29 is 14.3 Å². The lowest BCUT2D eigenvalue weighted by atomic mass is 10.1. The zero-order valence-electron chi connectivity index (χ0n) is 20.3. The van der Waals surface area contributed by atoms with Gasteiger partial charge in [-0.15, -0.1) is 0 Å². The summed E-state index contributed by atoms with van der Waals surface area (Å²) in [5.74, 6) is 1.84. The first-order valence-electron chi connectivity index (χ1n) is 11.4. The maximum absolute atomic E-state index is 6.14. The molecule has 0 heterocycles. The van der Waals surface area contributed by atoms with Gasteiger partial charge in [0.05, 0.1) is 12.3 Å². The first-order chi connectivity index (χ1) is 15.6. The molecule has 174 valence electrons. The molecule has 0 saturated carbocycles. The van der Waals surface area contributed by atoms with Crippen LogP contribution in [0.2, 0.25) is 0 Å². The molecule has 0 amide bonds. The van der Waals surface area contributed by atoms with E-state index in [1.54, 1.807) is 7.11 Å². The maximum Gasteiger partial charge on any atom is 0.125 e. The first kappa shape index (κ1) is 25.5. The minimum absolute atomic E-state index is 0.584. The second-order valence-corrected chi connectivity index (χ2v) is 7.84. The van der Waals surface area contributed by atoms with Gasteiger partial charge >= 0.3 is 0 Å². The van der Waals surface area contributed by atoms with Crippen LogP contribution in [0.5, 0.6) is 11.5 Å². The number of oxime groups is 1. The molecule has 0 fully saturated rings. The molecule has 0 atom stereocenters. The van der Waals surface area contributed by atoms with Gasteiger partial charge in [0.2, 0.25) is 0 Å². The lowest BCUT2D eigenvalue weighted by molar-refractivity contribution is 0.208. The van der Waals surface area contributed by atoms with Crippen LogP contribution in [0.25, 0.3) is 0 Å². The highest BCUT2D eigenvalue weighted by atomic mass is 16.6. The zero-order chi connectivity index (χ0) is 23.2. The van der Waals surface area contributed by atoms with Crippen LogP contribution in [0.4, 0.5) is 0 Å². The predicted molar refractivity (Wildman–Crippen MR) is 133 cm³/mol. The summed E-state index contributed by atoms with van der Waals surface area (Å²) in [5, 5.41) is 4.27. The van der Waals surface area contributed by atoms with E-state index in [4.69, 9.17) is 14.3 Å². The summed E-state index contributed by atoms with van der Waals surface area (Å²) in [6, 6.07) is 14.5. The highest BCUT2D eigenvalue weighted by molar-refractivity contribution is 5.88. The molecule has 0 spiro atoms. The van der Waals surface area contributed by atoms with Crippen molar-refractivity contribution in [2.75, 3.05) is 40.0 Å². The minimum Gasteiger partial charge on any atom is -0.493 e. The second-order valence-electron chi connectivity index (χ2n) is 7.84. The Morgan fingerprint density at radius 2 is 1.78 bits per heavy atom. The van der Waals surface area contributed by atoms with Crippen LogP contribution in [-0.2, 0) is 11.3 Å². The van der Waals surface area contributed by atoms with E-state index < -0.39 is 0 Å². The van der Waals surface area contributed by atoms with Gasteiger partial charge in [0, 0.05) is 19.5 Å². The molecule has 0 saturated heterocycles. The predicted octanol–water partition coefficient (Wildman–Crippen LogP) is 5.59. The van der Waals surface area contributed by atoms with Crippen LogP contribution in [-0.4, -0.2) is 50.6 Å². The van der Waals surface area contributed by atoms with Gasteiger partial charge in [-0.2, -0.15) is 0 Å². The number of benzene rings is 2. The highest BCUT2D eigenvalue weighted by Gasteiger charge is 2.11. The number of ether oxygens (including phenoxy) is 2. The summed E-state index contributed by atoms with van der Waals surface area (Å²) in [6.07, 6.45) is 5.72. The van der Waals surface area contributed by atoms with Crippen molar-refractivity contribution in [1.82, 2.24) is 4.90 Å².